The molecule has 1 aliphatic rings. The largest absolute Gasteiger partial charge is 0.493 e. The lowest BCUT2D eigenvalue weighted by molar-refractivity contribution is -0.122. The number of methoxy groups -OCH3 is 1. The van der Waals surface area contributed by atoms with Crippen LogP contribution in [0.5, 0.6) is 11.5 Å². The molecule has 0 radical (unpaired) electrons. The van der Waals surface area contributed by atoms with Gasteiger partial charge in [-0.15, -0.1) is 0 Å². The van der Waals surface area contributed by atoms with E-state index >= 15 is 0 Å². The lowest BCUT2D eigenvalue weighted by Gasteiger charge is -2.14. The minimum Gasteiger partial charge on any atom is -0.493 e. The van der Waals surface area contributed by atoms with Gasteiger partial charge in [-0.25, -0.2) is 0 Å². The Kier molecular flexibility index (Phi) is 6.90. The number of hydrogen-bond acceptors (Lipinski definition) is 6. The first-order valence-corrected chi connectivity index (χ1v) is 10.1. The van der Waals surface area contributed by atoms with Crippen LogP contribution in [-0.2, 0) is 16.0 Å². The third kappa shape index (κ3) is 5.36. The predicted octanol–water partition coefficient (Wildman–Crippen LogP) is 3.00. The lowest BCUT2D eigenvalue weighted by Crippen LogP contribution is -2.30. The van der Waals surface area contributed by atoms with Crippen LogP contribution in [0.15, 0.2) is 53.4 Å². The zero-order valence-corrected chi connectivity index (χ0v) is 17.4. The average Bonchev–Trinajstić information content (AvgIpc) is 2.98. The van der Waals surface area contributed by atoms with Crippen LogP contribution in [0.2, 0.25) is 0 Å². The van der Waals surface area contributed by atoms with Crippen molar-refractivity contribution >= 4 is 46.2 Å². The molecule has 0 aliphatic carbocycles. The van der Waals surface area contributed by atoms with Crippen molar-refractivity contribution in [3.63, 3.8) is 0 Å². The van der Waals surface area contributed by atoms with Gasteiger partial charge in [-0.1, -0.05) is 60.4 Å². The molecule has 1 heterocycles. The molecule has 150 valence electrons. The second-order valence-electron chi connectivity index (χ2n) is 6.23. The summed E-state index contributed by atoms with van der Waals surface area (Å²) in [6, 6.07) is 15.1. The molecule has 1 fully saturated rings. The van der Waals surface area contributed by atoms with Crippen molar-refractivity contribution in [3.8, 4) is 11.5 Å². The molecule has 0 aromatic heterocycles. The van der Waals surface area contributed by atoms with Crippen LogP contribution in [-0.4, -0.2) is 41.3 Å². The molecule has 2 amide bonds. The zero-order chi connectivity index (χ0) is 20.8. The van der Waals surface area contributed by atoms with Gasteiger partial charge in [-0.3, -0.25) is 14.5 Å². The number of hydrogen-bond donors (Lipinski definition) is 1. The number of carbonyl (C=O) groups excluding carboxylic acids is 2. The van der Waals surface area contributed by atoms with Crippen molar-refractivity contribution in [2.24, 2.45) is 5.73 Å². The summed E-state index contributed by atoms with van der Waals surface area (Å²) in [6.07, 6.45) is 2.50. The van der Waals surface area contributed by atoms with Crippen LogP contribution in [0.3, 0.4) is 0 Å². The first-order chi connectivity index (χ1) is 14.0. The molecule has 3 rings (SSSR count). The number of ether oxygens (including phenoxy) is 2. The molecule has 2 aromatic rings. The van der Waals surface area contributed by atoms with Gasteiger partial charge in [0.15, 0.2) is 18.1 Å². The number of nitrogens with zero attached hydrogens (tertiary/aromatic N) is 1. The Morgan fingerprint density at radius 2 is 1.97 bits per heavy atom. The van der Waals surface area contributed by atoms with Crippen LogP contribution < -0.4 is 15.2 Å². The second-order valence-corrected chi connectivity index (χ2v) is 7.91. The Morgan fingerprint density at radius 1 is 1.21 bits per heavy atom. The van der Waals surface area contributed by atoms with Gasteiger partial charge in [-0.05, 0) is 35.8 Å². The van der Waals surface area contributed by atoms with Crippen molar-refractivity contribution in [3.05, 3.63) is 64.6 Å². The number of nitrogens with two attached hydrogens (primary N) is 1. The van der Waals surface area contributed by atoms with E-state index in [1.807, 2.05) is 30.3 Å². The molecule has 6 nitrogen and oxygen atoms in total. The number of rotatable bonds is 8. The van der Waals surface area contributed by atoms with Gasteiger partial charge in [0.05, 0.1) is 12.0 Å². The number of thioether (sulfide) groups is 1. The number of benzene rings is 2. The molecule has 0 saturated carbocycles. The first-order valence-electron chi connectivity index (χ1n) is 8.86. The standard InChI is InChI=1S/C21H20N2O4S2/c1-26-17-11-15(7-8-16(17)27-13-19(22)24)12-18-20(25)23(21(28)29-18)10-9-14-5-3-2-4-6-14/h2-8,11-12H,9-10,13H2,1H3,(H2,22,24)/b18-12-. The highest BCUT2D eigenvalue weighted by Crippen LogP contribution is 2.34. The summed E-state index contributed by atoms with van der Waals surface area (Å²) < 4.78 is 11.2. The summed E-state index contributed by atoms with van der Waals surface area (Å²) in [7, 11) is 1.50. The summed E-state index contributed by atoms with van der Waals surface area (Å²) in [5, 5.41) is 0. The third-order valence-corrected chi connectivity index (χ3v) is 5.57. The predicted molar refractivity (Wildman–Crippen MR) is 118 cm³/mol. The minimum absolute atomic E-state index is 0.107. The summed E-state index contributed by atoms with van der Waals surface area (Å²) >= 11 is 6.67. The van der Waals surface area contributed by atoms with Crippen LogP contribution in [0.1, 0.15) is 11.1 Å². The van der Waals surface area contributed by atoms with Crippen molar-refractivity contribution in [2.45, 2.75) is 6.42 Å². The molecule has 8 heteroatoms. The smallest absolute Gasteiger partial charge is 0.266 e. The van der Waals surface area contributed by atoms with Gasteiger partial charge in [-0.2, -0.15) is 0 Å². The summed E-state index contributed by atoms with van der Waals surface area (Å²) in [5.74, 6) is 0.165. The highest BCUT2D eigenvalue weighted by Gasteiger charge is 2.31. The van der Waals surface area contributed by atoms with Gasteiger partial charge < -0.3 is 15.2 Å². The van der Waals surface area contributed by atoms with Gasteiger partial charge in [0.2, 0.25) is 0 Å². The van der Waals surface area contributed by atoms with Gasteiger partial charge in [0.1, 0.15) is 4.32 Å². The first kappa shape index (κ1) is 20.9. The van der Waals surface area contributed by atoms with E-state index in [9.17, 15) is 9.59 Å². The van der Waals surface area contributed by atoms with Crippen LogP contribution in [0.25, 0.3) is 6.08 Å². The summed E-state index contributed by atoms with van der Waals surface area (Å²) in [4.78, 5) is 25.9. The van der Waals surface area contributed by atoms with Crippen molar-refractivity contribution in [2.75, 3.05) is 20.3 Å². The van der Waals surface area contributed by atoms with Crippen molar-refractivity contribution < 1.29 is 19.1 Å². The van der Waals surface area contributed by atoms with E-state index in [2.05, 4.69) is 0 Å². The van der Waals surface area contributed by atoms with E-state index < -0.39 is 5.91 Å². The number of thiocarbonyl (C=S) groups is 1. The zero-order valence-electron chi connectivity index (χ0n) is 15.8. The van der Waals surface area contributed by atoms with E-state index in [-0.39, 0.29) is 12.5 Å². The molecule has 0 bridgehead atoms. The Hall–Kier alpha value is -2.84. The molecule has 1 aliphatic heterocycles. The topological polar surface area (TPSA) is 81.9 Å². The molecular formula is C21H20N2O4S2. The van der Waals surface area contributed by atoms with Gasteiger partial charge in [0.25, 0.3) is 11.8 Å². The molecule has 2 N–H and O–H groups in total. The second kappa shape index (κ2) is 9.58. The Bertz CT molecular complexity index is 960. The van der Waals surface area contributed by atoms with Crippen LogP contribution in [0, 0.1) is 0 Å². The van der Waals surface area contributed by atoms with E-state index in [0.717, 1.165) is 17.5 Å². The molecule has 29 heavy (non-hydrogen) atoms. The molecule has 0 atom stereocenters. The van der Waals surface area contributed by atoms with Crippen LogP contribution in [0.4, 0.5) is 0 Å². The quantitative estimate of drug-likeness (QED) is 0.514. The lowest BCUT2D eigenvalue weighted by atomic mass is 10.1. The summed E-state index contributed by atoms with van der Waals surface area (Å²) in [5.41, 5.74) is 7.02. The summed E-state index contributed by atoms with van der Waals surface area (Å²) in [6.45, 7) is 0.297. The Labute approximate surface area is 178 Å². The minimum atomic E-state index is -0.574. The molecular weight excluding hydrogens is 408 g/mol. The van der Waals surface area contributed by atoms with Gasteiger partial charge >= 0.3 is 0 Å². The number of carbonyl (C=O) groups is 2. The van der Waals surface area contributed by atoms with Crippen molar-refractivity contribution in [1.29, 1.82) is 0 Å². The highest BCUT2D eigenvalue weighted by molar-refractivity contribution is 8.26. The molecule has 2 aromatic carbocycles. The maximum atomic E-state index is 12.8. The SMILES string of the molecule is COc1cc(/C=C2\SC(=S)N(CCc3ccccc3)C2=O)ccc1OCC(N)=O. The highest BCUT2D eigenvalue weighted by atomic mass is 32.2. The Balaban J connectivity index is 1.72. The van der Waals surface area contributed by atoms with E-state index in [4.69, 9.17) is 27.4 Å². The number of primary amides is 1. The van der Waals surface area contributed by atoms with Gasteiger partial charge in [0, 0.05) is 6.54 Å². The van der Waals surface area contributed by atoms with E-state index in [1.54, 1.807) is 29.2 Å². The van der Waals surface area contributed by atoms with E-state index in [1.165, 1.54) is 18.9 Å². The third-order valence-electron chi connectivity index (χ3n) is 4.20. The van der Waals surface area contributed by atoms with Crippen LogP contribution >= 0.6 is 24.0 Å². The average molecular weight is 429 g/mol. The molecule has 1 saturated heterocycles. The maximum Gasteiger partial charge on any atom is 0.266 e. The van der Waals surface area contributed by atoms with Crippen molar-refractivity contribution in [1.82, 2.24) is 4.90 Å². The number of amides is 2. The fraction of sp³-hybridized carbons (Fsp3) is 0.190. The molecule has 0 unspecified atom stereocenters. The normalized spacial score (nSPS) is 15.1. The van der Waals surface area contributed by atoms with E-state index in [0.29, 0.717) is 27.3 Å². The fourth-order valence-electron chi connectivity index (χ4n) is 2.77. The fourth-order valence-corrected chi connectivity index (χ4v) is 4.08. The molecule has 0 spiro atoms. The monoisotopic (exact) mass is 428 g/mol. The Morgan fingerprint density at radius 3 is 2.66 bits per heavy atom. The maximum absolute atomic E-state index is 12.8.